The summed E-state index contributed by atoms with van der Waals surface area (Å²) in [4.78, 5) is 8.94. The topological polar surface area (TPSA) is 39.9 Å². The minimum absolute atomic E-state index is 0.405. The molecule has 27 heavy (non-hydrogen) atoms. The molecule has 0 amide bonds. The summed E-state index contributed by atoms with van der Waals surface area (Å²) in [5, 5.41) is 0. The van der Waals surface area contributed by atoms with Gasteiger partial charge in [-0.2, -0.15) is 13.2 Å². The lowest BCUT2D eigenvalue weighted by atomic mass is 10.1. The molecule has 0 aliphatic rings. The maximum Gasteiger partial charge on any atom is 0.416 e. The van der Waals surface area contributed by atoms with E-state index in [0.717, 1.165) is 18.2 Å². The molecule has 0 fully saturated rings. The van der Waals surface area contributed by atoms with E-state index in [1.54, 1.807) is 6.20 Å². The Kier molecular flexibility index (Phi) is 5.39. The highest BCUT2D eigenvalue weighted by Crippen LogP contribution is 2.30. The molecule has 0 aliphatic heterocycles. The van der Waals surface area contributed by atoms with Crippen molar-refractivity contribution in [2.75, 3.05) is 6.61 Å². The average molecular weight is 393 g/mol. The van der Waals surface area contributed by atoms with Crippen molar-refractivity contribution in [3.63, 3.8) is 0 Å². The van der Waals surface area contributed by atoms with Crippen LogP contribution < -0.4 is 0 Å². The molecule has 0 bridgehead atoms. The Hall–Kier alpha value is -2.19. The van der Waals surface area contributed by atoms with E-state index in [1.165, 1.54) is 12.1 Å². The van der Waals surface area contributed by atoms with Gasteiger partial charge >= 0.3 is 6.18 Å². The molecule has 0 aliphatic carbocycles. The van der Waals surface area contributed by atoms with Crippen molar-refractivity contribution >= 4 is 19.2 Å². The van der Waals surface area contributed by atoms with Gasteiger partial charge in [-0.3, -0.25) is 0 Å². The number of halogens is 3. The number of rotatable bonds is 6. The molecule has 0 atom stereocenters. The summed E-state index contributed by atoms with van der Waals surface area (Å²) in [6, 6.07) is 7.86. The second-order valence-electron chi connectivity index (χ2n) is 7.67. The minimum atomic E-state index is -4.35. The molecule has 4 nitrogen and oxygen atoms in total. The lowest BCUT2D eigenvalue weighted by Crippen LogP contribution is -2.22. The van der Waals surface area contributed by atoms with Crippen molar-refractivity contribution in [2.24, 2.45) is 0 Å². The summed E-state index contributed by atoms with van der Waals surface area (Å²) in [5.74, 6) is 0. The number of hydrogen-bond acceptors (Lipinski definition) is 3. The monoisotopic (exact) mass is 393 g/mol. The molecule has 2 aromatic heterocycles. The van der Waals surface area contributed by atoms with E-state index >= 15 is 0 Å². The fourth-order valence-electron chi connectivity index (χ4n) is 2.58. The standard InChI is InChI=1S/C19H22F3N3OSi/c1-27(2,3)11-10-26-13-25-9-8-16-18(25)23-12-17(24-16)14-4-6-15(7-5-14)19(20,21)22/h4-9,12H,10-11,13H2,1-3H3. The second kappa shape index (κ2) is 7.44. The van der Waals surface area contributed by atoms with Gasteiger partial charge in [0.1, 0.15) is 12.2 Å². The van der Waals surface area contributed by atoms with Crippen molar-refractivity contribution in [3.8, 4) is 11.3 Å². The van der Waals surface area contributed by atoms with E-state index < -0.39 is 19.8 Å². The molecule has 3 aromatic rings. The number of hydrogen-bond donors (Lipinski definition) is 0. The van der Waals surface area contributed by atoms with Gasteiger partial charge in [-0.15, -0.1) is 0 Å². The van der Waals surface area contributed by atoms with Crippen LogP contribution in [0.5, 0.6) is 0 Å². The van der Waals surface area contributed by atoms with Gasteiger partial charge in [0.2, 0.25) is 0 Å². The van der Waals surface area contributed by atoms with E-state index in [0.29, 0.717) is 35.8 Å². The molecule has 2 heterocycles. The van der Waals surface area contributed by atoms with Crippen LogP contribution in [-0.4, -0.2) is 29.2 Å². The van der Waals surface area contributed by atoms with Crippen molar-refractivity contribution in [3.05, 3.63) is 48.3 Å². The predicted octanol–water partition coefficient (Wildman–Crippen LogP) is 5.43. The first-order valence-corrected chi connectivity index (χ1v) is 12.4. The van der Waals surface area contributed by atoms with Crippen LogP contribution in [0.3, 0.4) is 0 Å². The largest absolute Gasteiger partial charge is 0.416 e. The summed E-state index contributed by atoms with van der Waals surface area (Å²) in [5.41, 5.74) is 1.83. The van der Waals surface area contributed by atoms with Gasteiger partial charge in [-0.25, -0.2) is 9.97 Å². The third-order valence-corrected chi connectivity index (χ3v) is 5.90. The maximum absolute atomic E-state index is 12.7. The molecule has 144 valence electrons. The van der Waals surface area contributed by atoms with E-state index in [-0.39, 0.29) is 0 Å². The highest BCUT2D eigenvalue weighted by molar-refractivity contribution is 6.76. The molecule has 3 rings (SSSR count). The third-order valence-electron chi connectivity index (χ3n) is 4.20. The highest BCUT2D eigenvalue weighted by atomic mass is 28.3. The number of nitrogens with zero attached hydrogens (tertiary/aromatic N) is 3. The van der Waals surface area contributed by atoms with Crippen molar-refractivity contribution in [1.29, 1.82) is 0 Å². The van der Waals surface area contributed by atoms with Crippen molar-refractivity contribution < 1.29 is 17.9 Å². The van der Waals surface area contributed by atoms with Gasteiger partial charge in [-0.1, -0.05) is 31.8 Å². The molecule has 0 saturated heterocycles. The molecule has 0 radical (unpaired) electrons. The summed E-state index contributed by atoms with van der Waals surface area (Å²) >= 11 is 0. The average Bonchev–Trinajstić information content (AvgIpc) is 2.99. The van der Waals surface area contributed by atoms with Gasteiger partial charge < -0.3 is 9.30 Å². The zero-order valence-electron chi connectivity index (χ0n) is 15.5. The van der Waals surface area contributed by atoms with Crippen LogP contribution in [0.2, 0.25) is 25.7 Å². The minimum Gasteiger partial charge on any atom is -0.361 e. The molecule has 0 saturated carbocycles. The molecular formula is C19H22F3N3OSi. The fraction of sp³-hybridized carbons (Fsp3) is 0.368. The predicted molar refractivity (Wildman–Crippen MR) is 102 cm³/mol. The van der Waals surface area contributed by atoms with Crippen LogP contribution in [0.25, 0.3) is 22.4 Å². The van der Waals surface area contributed by atoms with Gasteiger partial charge in [0.05, 0.1) is 17.5 Å². The van der Waals surface area contributed by atoms with Crippen LogP contribution in [0, 0.1) is 0 Å². The molecule has 1 aromatic carbocycles. The Morgan fingerprint density at radius 3 is 2.41 bits per heavy atom. The van der Waals surface area contributed by atoms with Gasteiger partial charge in [0.25, 0.3) is 0 Å². The molecule has 0 N–H and O–H groups in total. The first-order valence-electron chi connectivity index (χ1n) is 8.71. The van der Waals surface area contributed by atoms with Crippen molar-refractivity contribution in [2.45, 2.75) is 38.6 Å². The summed E-state index contributed by atoms with van der Waals surface area (Å²) in [6.07, 6.45) is -0.917. The third kappa shape index (κ3) is 4.95. The van der Waals surface area contributed by atoms with E-state index in [2.05, 4.69) is 29.6 Å². The Labute approximate surface area is 157 Å². The van der Waals surface area contributed by atoms with E-state index in [4.69, 9.17) is 4.74 Å². The maximum atomic E-state index is 12.7. The Morgan fingerprint density at radius 1 is 1.07 bits per heavy atom. The summed E-state index contributed by atoms with van der Waals surface area (Å²) in [7, 11) is -1.13. The first kappa shape index (κ1) is 19.6. The van der Waals surface area contributed by atoms with E-state index in [9.17, 15) is 13.2 Å². The lowest BCUT2D eigenvalue weighted by molar-refractivity contribution is -0.137. The molecule has 0 spiro atoms. The van der Waals surface area contributed by atoms with Crippen LogP contribution in [0.4, 0.5) is 13.2 Å². The van der Waals surface area contributed by atoms with Gasteiger partial charge in [0.15, 0.2) is 5.65 Å². The normalized spacial score (nSPS) is 12.7. The Morgan fingerprint density at radius 2 is 1.78 bits per heavy atom. The Bertz CT molecular complexity index is 915. The number of alkyl halides is 3. The van der Waals surface area contributed by atoms with Gasteiger partial charge in [-0.05, 0) is 24.2 Å². The lowest BCUT2D eigenvalue weighted by Gasteiger charge is -2.15. The number of ether oxygens (including phenoxy) is 1. The highest BCUT2D eigenvalue weighted by Gasteiger charge is 2.30. The summed E-state index contributed by atoms with van der Waals surface area (Å²) in [6.45, 7) is 8.02. The van der Waals surface area contributed by atoms with Crippen LogP contribution in [-0.2, 0) is 17.6 Å². The van der Waals surface area contributed by atoms with Gasteiger partial charge in [0, 0.05) is 26.4 Å². The number of fused-ring (bicyclic) bond motifs is 1. The van der Waals surface area contributed by atoms with Crippen LogP contribution >= 0.6 is 0 Å². The second-order valence-corrected chi connectivity index (χ2v) is 13.3. The fourth-order valence-corrected chi connectivity index (χ4v) is 3.33. The van der Waals surface area contributed by atoms with E-state index in [1.807, 2.05) is 16.8 Å². The SMILES string of the molecule is C[Si](C)(C)CCOCn1ccc2nc(-c3ccc(C(F)(F)F)cc3)cnc21. The Balaban J connectivity index is 1.73. The molecule has 0 unspecified atom stereocenters. The quantitative estimate of drug-likeness (QED) is 0.414. The number of benzene rings is 1. The van der Waals surface area contributed by atoms with Crippen LogP contribution in [0.15, 0.2) is 42.7 Å². The van der Waals surface area contributed by atoms with Crippen LogP contribution in [0.1, 0.15) is 5.56 Å². The van der Waals surface area contributed by atoms with Crippen molar-refractivity contribution in [1.82, 2.24) is 14.5 Å². The zero-order valence-corrected chi connectivity index (χ0v) is 16.5. The first-order chi connectivity index (χ1) is 12.6. The smallest absolute Gasteiger partial charge is 0.361 e. The molecular weight excluding hydrogens is 371 g/mol. The zero-order chi connectivity index (χ0) is 19.7. The summed E-state index contributed by atoms with van der Waals surface area (Å²) < 4.78 is 45.7. The number of aromatic nitrogens is 3. The molecule has 8 heteroatoms.